The van der Waals surface area contributed by atoms with Crippen LogP contribution < -0.4 is 15.0 Å². The van der Waals surface area contributed by atoms with E-state index < -0.39 is 0 Å². The summed E-state index contributed by atoms with van der Waals surface area (Å²) in [6.07, 6.45) is 0.952. The van der Waals surface area contributed by atoms with E-state index in [-0.39, 0.29) is 16.9 Å². The molecule has 0 N–H and O–H groups in total. The monoisotopic (exact) mass is 379 g/mol. The number of carbonyl (C=O) groups excluding carboxylic acids is 1. The Morgan fingerprint density at radius 3 is 2.18 bits per heavy atom. The van der Waals surface area contributed by atoms with Gasteiger partial charge in [-0.1, -0.05) is 38.1 Å². The lowest BCUT2D eigenvalue weighted by Gasteiger charge is -2.13. The van der Waals surface area contributed by atoms with Gasteiger partial charge in [-0.3, -0.25) is 9.59 Å². The van der Waals surface area contributed by atoms with Gasteiger partial charge in [-0.05, 0) is 30.0 Å². The molecule has 2 aromatic carbocycles. The summed E-state index contributed by atoms with van der Waals surface area (Å²) >= 11 is 0. The number of methoxy groups -OCH3 is 2. The van der Waals surface area contributed by atoms with E-state index >= 15 is 0 Å². The zero-order chi connectivity index (χ0) is 20.4. The molecule has 5 nitrogen and oxygen atoms in total. The van der Waals surface area contributed by atoms with Crippen LogP contribution in [0.4, 0.5) is 0 Å². The molecule has 1 heterocycles. The van der Waals surface area contributed by atoms with Gasteiger partial charge in [-0.2, -0.15) is 0 Å². The summed E-state index contributed by atoms with van der Waals surface area (Å²) in [6.45, 7) is 4.31. The third-order valence-electron chi connectivity index (χ3n) is 4.83. The first-order valence-corrected chi connectivity index (χ1v) is 9.25. The summed E-state index contributed by atoms with van der Waals surface area (Å²) in [5.41, 5.74) is 2.15. The van der Waals surface area contributed by atoms with Crippen LogP contribution in [0.2, 0.25) is 0 Å². The molecule has 3 rings (SSSR count). The summed E-state index contributed by atoms with van der Waals surface area (Å²) in [4.78, 5) is 25.8. The number of pyridine rings is 1. The van der Waals surface area contributed by atoms with Crippen molar-refractivity contribution >= 4 is 16.7 Å². The van der Waals surface area contributed by atoms with Crippen LogP contribution in [-0.2, 0) is 13.5 Å². The third-order valence-corrected chi connectivity index (χ3v) is 4.83. The van der Waals surface area contributed by atoms with Crippen molar-refractivity contribution in [3.8, 4) is 11.5 Å². The van der Waals surface area contributed by atoms with Crippen LogP contribution in [0.25, 0.3) is 10.9 Å². The zero-order valence-corrected chi connectivity index (χ0v) is 16.9. The van der Waals surface area contributed by atoms with Crippen LogP contribution in [0.5, 0.6) is 11.5 Å². The van der Waals surface area contributed by atoms with Crippen molar-refractivity contribution in [3.05, 3.63) is 69.5 Å². The van der Waals surface area contributed by atoms with Gasteiger partial charge in [0.2, 0.25) is 0 Å². The first kappa shape index (κ1) is 19.7. The van der Waals surface area contributed by atoms with Gasteiger partial charge in [-0.25, -0.2) is 0 Å². The summed E-state index contributed by atoms with van der Waals surface area (Å²) in [6, 6.07) is 12.6. The number of rotatable bonds is 6. The minimum atomic E-state index is -0.337. The van der Waals surface area contributed by atoms with Gasteiger partial charge in [0.15, 0.2) is 17.3 Å². The number of benzene rings is 2. The van der Waals surface area contributed by atoms with Crippen LogP contribution >= 0.6 is 0 Å². The lowest BCUT2D eigenvalue weighted by Crippen LogP contribution is -2.25. The fraction of sp³-hybridized carbons (Fsp3) is 0.304. The van der Waals surface area contributed by atoms with Gasteiger partial charge >= 0.3 is 0 Å². The van der Waals surface area contributed by atoms with Crippen molar-refractivity contribution in [2.45, 2.75) is 20.3 Å². The molecule has 1 aromatic heterocycles. The number of hydrogen-bond donors (Lipinski definition) is 0. The molecule has 5 heteroatoms. The fourth-order valence-electron chi connectivity index (χ4n) is 3.38. The standard InChI is InChI=1S/C23H25NO4/c1-14(2)10-15-6-8-16(9-7-15)22(25)18-11-17-12-20(27-4)21(28-5)13-19(17)24(3)23(18)26/h6-9,11-14H,10H2,1-5H3. The first-order chi connectivity index (χ1) is 13.3. The predicted molar refractivity (Wildman–Crippen MR) is 111 cm³/mol. The minimum absolute atomic E-state index is 0.138. The van der Waals surface area contributed by atoms with Gasteiger partial charge in [0.25, 0.3) is 5.56 Å². The Balaban J connectivity index is 2.08. The Kier molecular flexibility index (Phi) is 5.54. The molecule has 0 aliphatic rings. The number of nitrogens with zero attached hydrogens (tertiary/aromatic N) is 1. The van der Waals surface area contributed by atoms with Crippen LogP contribution in [0, 0.1) is 5.92 Å². The maximum atomic E-state index is 13.0. The number of ketones is 1. The lowest BCUT2D eigenvalue weighted by atomic mass is 9.98. The SMILES string of the molecule is COc1cc2cc(C(=O)c3ccc(CC(C)C)cc3)c(=O)n(C)c2cc1OC. The second kappa shape index (κ2) is 7.89. The van der Waals surface area contributed by atoms with Crippen molar-refractivity contribution in [2.75, 3.05) is 14.2 Å². The van der Waals surface area contributed by atoms with E-state index in [1.165, 1.54) is 10.1 Å². The van der Waals surface area contributed by atoms with Gasteiger partial charge in [0.05, 0.1) is 25.3 Å². The average molecular weight is 379 g/mol. The molecular weight excluding hydrogens is 354 g/mol. The molecular formula is C23H25NO4. The highest BCUT2D eigenvalue weighted by Crippen LogP contribution is 2.31. The van der Waals surface area contributed by atoms with Gasteiger partial charge in [0.1, 0.15) is 0 Å². The van der Waals surface area contributed by atoms with Crippen molar-refractivity contribution in [1.82, 2.24) is 4.57 Å². The van der Waals surface area contributed by atoms with E-state index in [0.717, 1.165) is 11.8 Å². The number of aromatic nitrogens is 1. The van der Waals surface area contributed by atoms with Crippen molar-refractivity contribution < 1.29 is 14.3 Å². The van der Waals surface area contributed by atoms with E-state index in [1.807, 2.05) is 12.1 Å². The number of ether oxygens (including phenoxy) is 2. The number of hydrogen-bond acceptors (Lipinski definition) is 4. The molecule has 0 saturated heterocycles. The topological polar surface area (TPSA) is 57.5 Å². The van der Waals surface area contributed by atoms with Crippen LogP contribution in [0.1, 0.15) is 35.3 Å². The predicted octanol–water partition coefficient (Wildman–Crippen LogP) is 3.99. The van der Waals surface area contributed by atoms with E-state index in [4.69, 9.17) is 9.47 Å². The molecule has 0 atom stereocenters. The minimum Gasteiger partial charge on any atom is -0.493 e. The number of carbonyl (C=O) groups is 1. The zero-order valence-electron chi connectivity index (χ0n) is 16.9. The molecule has 28 heavy (non-hydrogen) atoms. The normalized spacial score (nSPS) is 11.1. The summed E-state index contributed by atoms with van der Waals surface area (Å²) in [5, 5.41) is 0.736. The van der Waals surface area contributed by atoms with Crippen LogP contribution in [-0.4, -0.2) is 24.6 Å². The second-order valence-electron chi connectivity index (χ2n) is 7.31. The van der Waals surface area contributed by atoms with Gasteiger partial charge in [0, 0.05) is 24.1 Å². The van der Waals surface area contributed by atoms with E-state index in [0.29, 0.717) is 28.5 Å². The number of aryl methyl sites for hydroxylation is 1. The Hall–Kier alpha value is -3.08. The molecule has 0 aliphatic heterocycles. The Morgan fingerprint density at radius 1 is 1.00 bits per heavy atom. The molecule has 0 bridgehead atoms. The van der Waals surface area contributed by atoms with Crippen molar-refractivity contribution in [2.24, 2.45) is 13.0 Å². The highest BCUT2D eigenvalue weighted by atomic mass is 16.5. The third kappa shape index (κ3) is 3.65. The fourth-order valence-corrected chi connectivity index (χ4v) is 3.38. The molecule has 0 amide bonds. The Labute approximate surface area is 164 Å². The summed E-state index contributed by atoms with van der Waals surface area (Å²) < 4.78 is 12.1. The smallest absolute Gasteiger partial charge is 0.262 e. The largest absolute Gasteiger partial charge is 0.493 e. The van der Waals surface area contributed by atoms with Crippen LogP contribution in [0.3, 0.4) is 0 Å². The lowest BCUT2D eigenvalue weighted by molar-refractivity contribution is 0.103. The van der Waals surface area contributed by atoms with E-state index in [9.17, 15) is 9.59 Å². The molecule has 0 unspecified atom stereocenters. The van der Waals surface area contributed by atoms with Gasteiger partial charge < -0.3 is 14.0 Å². The van der Waals surface area contributed by atoms with Gasteiger partial charge in [-0.15, -0.1) is 0 Å². The maximum absolute atomic E-state index is 13.0. The quantitative estimate of drug-likeness (QED) is 0.608. The highest BCUT2D eigenvalue weighted by Gasteiger charge is 2.18. The second-order valence-corrected chi connectivity index (χ2v) is 7.31. The molecule has 0 spiro atoms. The summed E-state index contributed by atoms with van der Waals surface area (Å²) in [5.74, 6) is 1.34. The average Bonchev–Trinajstić information content (AvgIpc) is 2.69. The van der Waals surface area contributed by atoms with Crippen LogP contribution in [0.15, 0.2) is 47.3 Å². The molecule has 3 aromatic rings. The molecule has 0 fully saturated rings. The first-order valence-electron chi connectivity index (χ1n) is 9.25. The molecule has 0 saturated carbocycles. The summed E-state index contributed by atoms with van der Waals surface area (Å²) in [7, 11) is 4.75. The van der Waals surface area contributed by atoms with Crippen molar-refractivity contribution in [3.63, 3.8) is 0 Å². The molecule has 146 valence electrons. The Bertz CT molecular complexity index is 1080. The molecule has 0 aliphatic carbocycles. The van der Waals surface area contributed by atoms with E-state index in [2.05, 4.69) is 13.8 Å². The maximum Gasteiger partial charge on any atom is 0.262 e. The van der Waals surface area contributed by atoms with E-state index in [1.54, 1.807) is 51.6 Å². The highest BCUT2D eigenvalue weighted by molar-refractivity contribution is 6.10. The van der Waals surface area contributed by atoms with Crippen molar-refractivity contribution in [1.29, 1.82) is 0 Å². The Morgan fingerprint density at radius 2 is 1.61 bits per heavy atom. The number of fused-ring (bicyclic) bond motifs is 1. The molecule has 0 radical (unpaired) electrons.